The average molecular weight is 389 g/mol. The van der Waals surface area contributed by atoms with Crippen molar-refractivity contribution < 1.29 is 9.53 Å². The van der Waals surface area contributed by atoms with Crippen molar-refractivity contribution in [1.29, 1.82) is 0 Å². The third kappa shape index (κ3) is 5.32. The van der Waals surface area contributed by atoms with Crippen molar-refractivity contribution in [2.75, 3.05) is 17.7 Å². The highest BCUT2D eigenvalue weighted by Gasteiger charge is 2.15. The number of aromatic nitrogens is 2. The van der Waals surface area contributed by atoms with Crippen LogP contribution in [0.15, 0.2) is 24.3 Å². The van der Waals surface area contributed by atoms with Crippen LogP contribution in [0.25, 0.3) is 0 Å². The second kappa shape index (κ2) is 9.04. The van der Waals surface area contributed by atoms with Crippen molar-refractivity contribution in [3.05, 3.63) is 40.5 Å². The first-order valence-corrected chi connectivity index (χ1v) is 9.70. The van der Waals surface area contributed by atoms with Gasteiger partial charge in [-0.05, 0) is 38.0 Å². The minimum atomic E-state index is -0.413. The second-order valence-electron chi connectivity index (χ2n) is 6.86. The lowest BCUT2D eigenvalue weighted by atomic mass is 10.1. The van der Waals surface area contributed by atoms with E-state index in [0.717, 1.165) is 18.5 Å². The van der Waals surface area contributed by atoms with Crippen molar-refractivity contribution in [2.24, 2.45) is 0 Å². The largest absolute Gasteiger partial charge is 0.465 e. The summed E-state index contributed by atoms with van der Waals surface area (Å²) in [4.78, 5) is 20.9. The van der Waals surface area contributed by atoms with Crippen LogP contribution in [0.1, 0.15) is 54.6 Å². The number of aryl methyl sites for hydroxylation is 1. The van der Waals surface area contributed by atoms with Crippen LogP contribution < -0.4 is 10.6 Å². The van der Waals surface area contributed by atoms with Gasteiger partial charge >= 0.3 is 5.97 Å². The van der Waals surface area contributed by atoms with Crippen molar-refractivity contribution in [2.45, 2.75) is 51.5 Å². The molecule has 0 amide bonds. The second-order valence-corrected chi connectivity index (χ2v) is 7.27. The Morgan fingerprint density at radius 2 is 1.89 bits per heavy atom. The lowest BCUT2D eigenvalue weighted by Gasteiger charge is -2.17. The minimum Gasteiger partial charge on any atom is -0.465 e. The van der Waals surface area contributed by atoms with Gasteiger partial charge in [0.2, 0.25) is 5.95 Å². The standard InChI is InChI=1S/C20H25ClN4O2/c1-13-11-18(24-17-12-14(19(26)27-2)9-10-16(17)21)25-20(22-13)23-15-7-5-3-4-6-8-15/h9-12,15H,3-8H2,1-2H3,(H2,22,23,24,25). The lowest BCUT2D eigenvalue weighted by Crippen LogP contribution is -2.20. The summed E-state index contributed by atoms with van der Waals surface area (Å²) in [7, 11) is 1.35. The highest BCUT2D eigenvalue weighted by Crippen LogP contribution is 2.27. The van der Waals surface area contributed by atoms with Crippen LogP contribution in [0.2, 0.25) is 5.02 Å². The number of esters is 1. The Bertz CT molecular complexity index is 805. The number of halogens is 1. The van der Waals surface area contributed by atoms with Crippen LogP contribution in [0.5, 0.6) is 0 Å². The number of hydrogen-bond acceptors (Lipinski definition) is 6. The topological polar surface area (TPSA) is 76.1 Å². The molecule has 144 valence electrons. The lowest BCUT2D eigenvalue weighted by molar-refractivity contribution is 0.0601. The van der Waals surface area contributed by atoms with E-state index in [-0.39, 0.29) is 0 Å². The van der Waals surface area contributed by atoms with Gasteiger partial charge in [-0.25, -0.2) is 9.78 Å². The summed E-state index contributed by atoms with van der Waals surface area (Å²) < 4.78 is 4.77. The summed E-state index contributed by atoms with van der Waals surface area (Å²) in [6.45, 7) is 1.93. The first-order valence-electron chi connectivity index (χ1n) is 9.32. The number of hydrogen-bond donors (Lipinski definition) is 2. The minimum absolute atomic E-state index is 0.411. The van der Waals surface area contributed by atoms with Gasteiger partial charge in [-0.1, -0.05) is 37.3 Å². The van der Waals surface area contributed by atoms with E-state index in [2.05, 4.69) is 20.6 Å². The zero-order valence-electron chi connectivity index (χ0n) is 15.7. The molecule has 0 radical (unpaired) electrons. The number of benzene rings is 1. The van der Waals surface area contributed by atoms with Crippen LogP contribution in [-0.4, -0.2) is 29.1 Å². The summed E-state index contributed by atoms with van der Waals surface area (Å²) in [6.07, 6.45) is 7.37. The molecule has 2 aromatic rings. The zero-order valence-corrected chi connectivity index (χ0v) is 16.5. The Morgan fingerprint density at radius 1 is 1.15 bits per heavy atom. The number of nitrogens with zero attached hydrogens (tertiary/aromatic N) is 2. The summed E-state index contributed by atoms with van der Waals surface area (Å²) >= 11 is 6.27. The first-order chi connectivity index (χ1) is 13.0. The fourth-order valence-electron chi connectivity index (χ4n) is 3.31. The van der Waals surface area contributed by atoms with E-state index in [9.17, 15) is 4.79 Å². The average Bonchev–Trinajstić information content (AvgIpc) is 2.91. The number of nitrogens with one attached hydrogen (secondary N) is 2. The molecule has 7 heteroatoms. The Kier molecular flexibility index (Phi) is 6.50. The number of anilines is 3. The predicted molar refractivity (Wildman–Crippen MR) is 108 cm³/mol. The maximum Gasteiger partial charge on any atom is 0.337 e. The Labute approximate surface area is 164 Å². The van der Waals surface area contributed by atoms with E-state index in [1.54, 1.807) is 18.2 Å². The van der Waals surface area contributed by atoms with E-state index < -0.39 is 5.97 Å². The molecule has 0 spiro atoms. The molecule has 1 aromatic heterocycles. The van der Waals surface area contributed by atoms with Gasteiger partial charge < -0.3 is 15.4 Å². The molecule has 0 saturated heterocycles. The van der Waals surface area contributed by atoms with Gasteiger partial charge in [-0.15, -0.1) is 0 Å². The zero-order chi connectivity index (χ0) is 19.2. The molecular weight excluding hydrogens is 364 g/mol. The third-order valence-corrected chi connectivity index (χ3v) is 5.02. The SMILES string of the molecule is COC(=O)c1ccc(Cl)c(Nc2cc(C)nc(NC3CCCCCC3)n2)c1. The normalized spacial score (nSPS) is 15.1. The predicted octanol–water partition coefficient (Wildman–Crippen LogP) is 5.10. The number of ether oxygens (including phenoxy) is 1. The van der Waals surface area contributed by atoms with Gasteiger partial charge in [0.05, 0.1) is 23.4 Å². The van der Waals surface area contributed by atoms with Crippen molar-refractivity contribution in [1.82, 2.24) is 9.97 Å². The number of carbonyl (C=O) groups is 1. The number of carbonyl (C=O) groups excluding carboxylic acids is 1. The molecule has 0 bridgehead atoms. The van der Waals surface area contributed by atoms with Gasteiger partial charge in [-0.3, -0.25) is 0 Å². The molecule has 1 aliphatic rings. The molecular formula is C20H25ClN4O2. The molecule has 27 heavy (non-hydrogen) atoms. The Balaban J connectivity index is 1.79. The summed E-state index contributed by atoms with van der Waals surface area (Å²) in [5, 5.41) is 7.16. The third-order valence-electron chi connectivity index (χ3n) is 4.69. The molecule has 3 rings (SSSR count). The van der Waals surface area contributed by atoms with Gasteiger partial charge in [-0.2, -0.15) is 4.98 Å². The molecule has 1 aromatic carbocycles. The summed E-state index contributed by atoms with van der Waals surface area (Å²) in [5.74, 6) is 0.830. The van der Waals surface area contributed by atoms with Crippen molar-refractivity contribution in [3.8, 4) is 0 Å². The maximum absolute atomic E-state index is 11.8. The Hall–Kier alpha value is -2.34. The van der Waals surface area contributed by atoms with Crippen LogP contribution in [0.4, 0.5) is 17.5 Å². The van der Waals surface area contributed by atoms with E-state index >= 15 is 0 Å². The Morgan fingerprint density at radius 3 is 2.59 bits per heavy atom. The molecule has 1 aliphatic carbocycles. The van der Waals surface area contributed by atoms with E-state index in [1.165, 1.54) is 32.8 Å². The van der Waals surface area contributed by atoms with Crippen LogP contribution in [0, 0.1) is 6.92 Å². The van der Waals surface area contributed by atoms with Crippen LogP contribution in [-0.2, 0) is 4.74 Å². The highest BCUT2D eigenvalue weighted by atomic mass is 35.5. The molecule has 1 heterocycles. The van der Waals surface area contributed by atoms with Gasteiger partial charge in [0, 0.05) is 17.8 Å². The maximum atomic E-state index is 11.8. The summed E-state index contributed by atoms with van der Waals surface area (Å²) in [5.41, 5.74) is 1.87. The van der Waals surface area contributed by atoms with Gasteiger partial charge in [0.15, 0.2) is 0 Å². The fourth-order valence-corrected chi connectivity index (χ4v) is 3.47. The first kappa shape index (κ1) is 19.4. The molecule has 0 unspecified atom stereocenters. The molecule has 0 atom stereocenters. The highest BCUT2D eigenvalue weighted by molar-refractivity contribution is 6.33. The molecule has 6 nitrogen and oxygen atoms in total. The molecule has 2 N–H and O–H groups in total. The number of methoxy groups -OCH3 is 1. The van der Waals surface area contributed by atoms with E-state index in [4.69, 9.17) is 16.3 Å². The van der Waals surface area contributed by atoms with Gasteiger partial charge in [0.1, 0.15) is 5.82 Å². The smallest absolute Gasteiger partial charge is 0.337 e. The quantitative estimate of drug-likeness (QED) is 0.548. The van der Waals surface area contributed by atoms with Crippen LogP contribution >= 0.6 is 11.6 Å². The number of rotatable bonds is 5. The molecule has 0 aliphatic heterocycles. The molecule has 1 saturated carbocycles. The van der Waals surface area contributed by atoms with E-state index in [1.807, 2.05) is 13.0 Å². The summed E-state index contributed by atoms with van der Waals surface area (Å²) in [6, 6.07) is 7.20. The van der Waals surface area contributed by atoms with Crippen LogP contribution in [0.3, 0.4) is 0 Å². The molecule has 1 fully saturated rings. The van der Waals surface area contributed by atoms with E-state index in [0.29, 0.717) is 34.1 Å². The van der Waals surface area contributed by atoms with Gasteiger partial charge in [0.25, 0.3) is 0 Å². The fraction of sp³-hybridized carbons (Fsp3) is 0.450. The monoisotopic (exact) mass is 388 g/mol. The van der Waals surface area contributed by atoms with Crippen molar-refractivity contribution >= 4 is 35.0 Å². The van der Waals surface area contributed by atoms with Crippen molar-refractivity contribution in [3.63, 3.8) is 0 Å².